The lowest BCUT2D eigenvalue weighted by Gasteiger charge is -2.20. The Kier molecular flexibility index (Phi) is 7.19. The number of alkyl halides is 1. The van der Waals surface area contributed by atoms with Gasteiger partial charge in [0.15, 0.2) is 0 Å². The van der Waals surface area contributed by atoms with E-state index in [0.717, 1.165) is 12.2 Å². The smallest absolute Gasteiger partial charge is 0.118 e. The van der Waals surface area contributed by atoms with Gasteiger partial charge in [-0.2, -0.15) is 0 Å². The molecule has 0 aromatic heterocycles. The molecule has 0 saturated heterocycles. The number of unbranched alkanes of at least 4 members (excludes halogenated alkanes) is 1. The molecule has 0 aliphatic carbocycles. The van der Waals surface area contributed by atoms with E-state index in [0.29, 0.717) is 5.92 Å². The maximum absolute atomic E-state index is 6.56. The molecule has 1 aromatic carbocycles. The molecule has 0 heterocycles. The van der Waals surface area contributed by atoms with Crippen molar-refractivity contribution in [1.82, 2.24) is 0 Å². The van der Waals surface area contributed by atoms with E-state index in [9.17, 15) is 0 Å². The molecule has 0 radical (unpaired) electrons. The summed E-state index contributed by atoms with van der Waals surface area (Å²) in [5.74, 6) is 1.54. The van der Waals surface area contributed by atoms with Crippen LogP contribution in [0.15, 0.2) is 24.3 Å². The van der Waals surface area contributed by atoms with E-state index in [4.69, 9.17) is 16.3 Å². The summed E-state index contributed by atoms with van der Waals surface area (Å²) in [6, 6.07) is 8.24. The third kappa shape index (κ3) is 4.89. The molecule has 0 aliphatic rings. The molecule has 0 amide bonds. The average molecular weight is 269 g/mol. The highest BCUT2D eigenvalue weighted by molar-refractivity contribution is 6.20. The highest BCUT2D eigenvalue weighted by Gasteiger charge is 2.17. The fourth-order valence-corrected chi connectivity index (χ4v) is 2.74. The van der Waals surface area contributed by atoms with Crippen LogP contribution in [0.2, 0.25) is 0 Å². The molecule has 0 fully saturated rings. The molecule has 2 atom stereocenters. The zero-order valence-electron chi connectivity index (χ0n) is 11.8. The molecule has 0 aliphatic heterocycles. The van der Waals surface area contributed by atoms with Crippen molar-refractivity contribution in [2.24, 2.45) is 5.92 Å². The summed E-state index contributed by atoms with van der Waals surface area (Å²) in [6.45, 7) is 4.48. The molecule has 0 spiro atoms. The van der Waals surface area contributed by atoms with E-state index >= 15 is 0 Å². The molecule has 102 valence electrons. The predicted octanol–water partition coefficient (Wildman–Crippen LogP) is 5.06. The summed E-state index contributed by atoms with van der Waals surface area (Å²) in [6.07, 6.45) is 5.91. The van der Waals surface area contributed by atoms with Crippen LogP contribution >= 0.6 is 11.6 Å². The summed E-state index contributed by atoms with van der Waals surface area (Å²) in [5.41, 5.74) is 1.30. The van der Waals surface area contributed by atoms with Crippen LogP contribution in [-0.4, -0.2) is 12.5 Å². The SMILES string of the molecule is CCCCC(CC)C(Cl)Cc1ccc(OC)cc1. The number of halogens is 1. The largest absolute Gasteiger partial charge is 0.497 e. The number of hydrogen-bond acceptors (Lipinski definition) is 1. The second kappa shape index (κ2) is 8.42. The van der Waals surface area contributed by atoms with E-state index in [1.165, 1.54) is 31.2 Å². The van der Waals surface area contributed by atoms with Crippen LogP contribution in [0.25, 0.3) is 0 Å². The van der Waals surface area contributed by atoms with Crippen molar-refractivity contribution >= 4 is 11.6 Å². The Morgan fingerprint density at radius 1 is 1.17 bits per heavy atom. The quantitative estimate of drug-likeness (QED) is 0.599. The standard InChI is InChI=1S/C16H25ClO/c1-4-6-7-14(5-2)16(17)12-13-8-10-15(18-3)11-9-13/h8-11,14,16H,4-7,12H2,1-3H3. The van der Waals surface area contributed by atoms with Gasteiger partial charge in [-0.1, -0.05) is 45.2 Å². The highest BCUT2D eigenvalue weighted by atomic mass is 35.5. The van der Waals surface area contributed by atoms with E-state index in [2.05, 4.69) is 26.0 Å². The van der Waals surface area contributed by atoms with Gasteiger partial charge in [0, 0.05) is 5.38 Å². The van der Waals surface area contributed by atoms with Crippen LogP contribution in [0, 0.1) is 5.92 Å². The molecule has 2 heteroatoms. The minimum Gasteiger partial charge on any atom is -0.497 e. The zero-order chi connectivity index (χ0) is 13.4. The normalized spacial score (nSPS) is 14.2. The number of rotatable bonds is 8. The lowest BCUT2D eigenvalue weighted by atomic mass is 9.92. The Morgan fingerprint density at radius 3 is 2.33 bits per heavy atom. The maximum atomic E-state index is 6.56. The van der Waals surface area contributed by atoms with Crippen molar-refractivity contribution in [3.8, 4) is 5.75 Å². The van der Waals surface area contributed by atoms with Crippen molar-refractivity contribution < 1.29 is 4.74 Å². The highest BCUT2D eigenvalue weighted by Crippen LogP contribution is 2.25. The second-order valence-corrected chi connectivity index (χ2v) is 5.44. The number of ether oxygens (including phenoxy) is 1. The fourth-order valence-electron chi connectivity index (χ4n) is 2.26. The monoisotopic (exact) mass is 268 g/mol. The first-order valence-electron chi connectivity index (χ1n) is 6.98. The van der Waals surface area contributed by atoms with Gasteiger partial charge in [0.25, 0.3) is 0 Å². The zero-order valence-corrected chi connectivity index (χ0v) is 12.5. The van der Waals surface area contributed by atoms with Crippen LogP contribution in [0.1, 0.15) is 45.1 Å². The first kappa shape index (κ1) is 15.4. The first-order valence-corrected chi connectivity index (χ1v) is 7.41. The lowest BCUT2D eigenvalue weighted by Crippen LogP contribution is -2.17. The Hall–Kier alpha value is -0.690. The van der Waals surface area contributed by atoms with E-state index in [1.54, 1.807) is 7.11 Å². The third-order valence-electron chi connectivity index (χ3n) is 3.55. The summed E-state index contributed by atoms with van der Waals surface area (Å²) in [5, 5.41) is 0.245. The van der Waals surface area contributed by atoms with Crippen molar-refractivity contribution in [3.63, 3.8) is 0 Å². The summed E-state index contributed by atoms with van der Waals surface area (Å²) in [4.78, 5) is 0. The molecule has 1 rings (SSSR count). The second-order valence-electron chi connectivity index (χ2n) is 4.88. The average Bonchev–Trinajstić information content (AvgIpc) is 2.40. The van der Waals surface area contributed by atoms with Crippen molar-refractivity contribution in [1.29, 1.82) is 0 Å². The van der Waals surface area contributed by atoms with Crippen molar-refractivity contribution in [3.05, 3.63) is 29.8 Å². The Labute approximate surface area is 116 Å². The summed E-state index contributed by atoms with van der Waals surface area (Å²) in [7, 11) is 1.69. The summed E-state index contributed by atoms with van der Waals surface area (Å²) < 4.78 is 5.16. The number of benzene rings is 1. The first-order chi connectivity index (χ1) is 8.71. The van der Waals surface area contributed by atoms with Crippen molar-refractivity contribution in [2.75, 3.05) is 7.11 Å². The van der Waals surface area contributed by atoms with Gasteiger partial charge < -0.3 is 4.74 Å². The molecule has 1 aromatic rings. The molecule has 1 nitrogen and oxygen atoms in total. The third-order valence-corrected chi connectivity index (χ3v) is 4.06. The van der Waals surface area contributed by atoms with Crippen molar-refractivity contribution in [2.45, 2.75) is 51.3 Å². The maximum Gasteiger partial charge on any atom is 0.118 e. The van der Waals surface area contributed by atoms with Crippen LogP contribution in [0.3, 0.4) is 0 Å². The van der Waals surface area contributed by atoms with Crippen LogP contribution in [0.4, 0.5) is 0 Å². The molecule has 0 N–H and O–H groups in total. The van der Waals surface area contributed by atoms with E-state index < -0.39 is 0 Å². The lowest BCUT2D eigenvalue weighted by molar-refractivity contribution is 0.414. The van der Waals surface area contributed by atoms with E-state index in [1.807, 2.05) is 12.1 Å². The molecule has 18 heavy (non-hydrogen) atoms. The van der Waals surface area contributed by atoms with Crippen LogP contribution in [-0.2, 0) is 6.42 Å². The van der Waals surface area contributed by atoms with Crippen LogP contribution in [0.5, 0.6) is 5.75 Å². The summed E-state index contributed by atoms with van der Waals surface area (Å²) >= 11 is 6.56. The minimum atomic E-state index is 0.245. The van der Waals surface area contributed by atoms with Gasteiger partial charge in [-0.05, 0) is 36.5 Å². The number of methoxy groups -OCH3 is 1. The Morgan fingerprint density at radius 2 is 1.83 bits per heavy atom. The number of hydrogen-bond donors (Lipinski definition) is 0. The van der Waals surface area contributed by atoms with Gasteiger partial charge in [-0.3, -0.25) is 0 Å². The van der Waals surface area contributed by atoms with E-state index in [-0.39, 0.29) is 5.38 Å². The topological polar surface area (TPSA) is 9.23 Å². The van der Waals surface area contributed by atoms with Gasteiger partial charge in [0.1, 0.15) is 5.75 Å². The minimum absolute atomic E-state index is 0.245. The van der Waals surface area contributed by atoms with Gasteiger partial charge in [0.05, 0.1) is 7.11 Å². The van der Waals surface area contributed by atoms with Gasteiger partial charge >= 0.3 is 0 Å². The van der Waals surface area contributed by atoms with Gasteiger partial charge in [-0.15, -0.1) is 11.6 Å². The van der Waals surface area contributed by atoms with Crippen LogP contribution < -0.4 is 4.74 Å². The molecular formula is C16H25ClO. The Bertz CT molecular complexity index is 320. The van der Waals surface area contributed by atoms with Gasteiger partial charge in [0.2, 0.25) is 0 Å². The predicted molar refractivity (Wildman–Crippen MR) is 79.6 cm³/mol. The molecular weight excluding hydrogens is 244 g/mol. The molecule has 0 bridgehead atoms. The molecule has 2 unspecified atom stereocenters. The van der Waals surface area contributed by atoms with Gasteiger partial charge in [-0.25, -0.2) is 0 Å². The fraction of sp³-hybridized carbons (Fsp3) is 0.625. The Balaban J connectivity index is 2.52. The molecule has 0 saturated carbocycles.